The Hall–Kier alpha value is -1.82. The standard InChI is InChI=1S/C10H12N5O7P/c11-10-13-7-4(9(17)14-10)12-8-6(22-23(18,19)20)5-2(16)1-3(21-5)15(7)8/h2-3,5-6,16H,1H2,(H2,18,19,20)(H3,11,13,14,17). The first-order chi connectivity index (χ1) is 10.7. The van der Waals surface area contributed by atoms with Gasteiger partial charge in [0.1, 0.15) is 18.2 Å². The Morgan fingerprint density at radius 1 is 1.43 bits per heavy atom. The van der Waals surface area contributed by atoms with Gasteiger partial charge in [0.15, 0.2) is 17.3 Å². The Kier molecular flexibility index (Phi) is 2.95. The molecule has 0 aliphatic carbocycles. The molecule has 1 saturated heterocycles. The minimum Gasteiger partial charge on any atom is -0.390 e. The molecule has 4 unspecified atom stereocenters. The van der Waals surface area contributed by atoms with E-state index in [1.54, 1.807) is 0 Å². The minimum absolute atomic E-state index is 0.0460. The molecular formula is C10H12N5O7P. The third kappa shape index (κ3) is 2.19. The maximum absolute atomic E-state index is 11.9. The zero-order valence-electron chi connectivity index (χ0n) is 11.4. The number of phosphoric acid groups is 1. The van der Waals surface area contributed by atoms with Crippen LogP contribution in [0, 0.1) is 0 Å². The molecule has 2 aliphatic heterocycles. The van der Waals surface area contributed by atoms with Crippen molar-refractivity contribution in [2.45, 2.75) is 31.0 Å². The SMILES string of the molecule is Nc1nc2c(nc3n2C2CC(O)C(O2)C3OP(=O)(O)O)c(=O)[nH]1. The largest absolute Gasteiger partial charge is 0.470 e. The first-order valence-electron chi connectivity index (χ1n) is 6.59. The summed E-state index contributed by atoms with van der Waals surface area (Å²) in [5.41, 5.74) is 4.97. The second-order valence-electron chi connectivity index (χ2n) is 5.34. The number of hydrogen-bond donors (Lipinski definition) is 5. The summed E-state index contributed by atoms with van der Waals surface area (Å²) in [6.07, 6.45) is -3.90. The lowest BCUT2D eigenvalue weighted by Crippen LogP contribution is -2.34. The van der Waals surface area contributed by atoms with E-state index in [4.69, 9.17) is 24.8 Å². The van der Waals surface area contributed by atoms with Crippen LogP contribution >= 0.6 is 7.82 Å². The molecule has 4 heterocycles. The van der Waals surface area contributed by atoms with E-state index in [1.165, 1.54) is 4.57 Å². The van der Waals surface area contributed by atoms with E-state index >= 15 is 0 Å². The number of imidazole rings is 1. The quantitative estimate of drug-likeness (QED) is 0.401. The maximum Gasteiger partial charge on any atom is 0.470 e. The van der Waals surface area contributed by atoms with Gasteiger partial charge in [-0.25, -0.2) is 9.55 Å². The second-order valence-corrected chi connectivity index (χ2v) is 6.53. The predicted octanol–water partition coefficient (Wildman–Crippen LogP) is -1.49. The molecule has 0 spiro atoms. The Morgan fingerprint density at radius 2 is 2.17 bits per heavy atom. The average Bonchev–Trinajstić information content (AvgIpc) is 2.94. The normalized spacial score (nSPS) is 29.9. The number of ether oxygens (including phenoxy) is 1. The van der Waals surface area contributed by atoms with Crippen molar-refractivity contribution in [2.24, 2.45) is 0 Å². The number of rotatable bonds is 2. The lowest BCUT2D eigenvalue weighted by Gasteiger charge is -2.30. The summed E-state index contributed by atoms with van der Waals surface area (Å²) in [7, 11) is -4.89. The molecule has 0 aromatic carbocycles. The van der Waals surface area contributed by atoms with Crippen LogP contribution in [0.4, 0.5) is 5.95 Å². The number of nitrogens with one attached hydrogen (secondary N) is 1. The molecule has 4 rings (SSSR count). The smallest absolute Gasteiger partial charge is 0.390 e. The molecule has 23 heavy (non-hydrogen) atoms. The van der Waals surface area contributed by atoms with Crippen LogP contribution in [0.15, 0.2) is 4.79 Å². The summed E-state index contributed by atoms with van der Waals surface area (Å²) in [5, 5.41) is 10.0. The van der Waals surface area contributed by atoms with Gasteiger partial charge < -0.3 is 25.4 Å². The fraction of sp³-hybridized carbons (Fsp3) is 0.500. The second kappa shape index (κ2) is 4.60. The number of nitrogens with two attached hydrogens (primary N) is 1. The first-order valence-corrected chi connectivity index (χ1v) is 8.13. The van der Waals surface area contributed by atoms with Crippen LogP contribution in [0.3, 0.4) is 0 Å². The number of aromatic amines is 1. The molecule has 12 nitrogen and oxygen atoms in total. The molecule has 4 atom stereocenters. The van der Waals surface area contributed by atoms with Gasteiger partial charge in [-0.05, 0) is 0 Å². The molecule has 2 aromatic rings. The monoisotopic (exact) mass is 345 g/mol. The van der Waals surface area contributed by atoms with Crippen LogP contribution < -0.4 is 11.3 Å². The number of hydrogen-bond acceptors (Lipinski definition) is 8. The number of aromatic nitrogens is 4. The van der Waals surface area contributed by atoms with E-state index in [9.17, 15) is 14.5 Å². The third-order valence-corrected chi connectivity index (χ3v) is 4.33. The highest BCUT2D eigenvalue weighted by atomic mass is 31.2. The van der Waals surface area contributed by atoms with E-state index in [2.05, 4.69) is 15.0 Å². The molecule has 1 fully saturated rings. The first kappa shape index (κ1) is 14.8. The van der Waals surface area contributed by atoms with Crippen molar-refractivity contribution in [3.63, 3.8) is 0 Å². The van der Waals surface area contributed by atoms with Gasteiger partial charge in [0, 0.05) is 6.42 Å². The molecule has 13 heteroatoms. The van der Waals surface area contributed by atoms with Gasteiger partial charge >= 0.3 is 7.82 Å². The Labute approximate surface area is 127 Å². The van der Waals surface area contributed by atoms with Crippen LogP contribution in [-0.2, 0) is 13.8 Å². The lowest BCUT2D eigenvalue weighted by atomic mass is 10.1. The molecule has 0 radical (unpaired) electrons. The van der Waals surface area contributed by atoms with Crippen molar-refractivity contribution in [3.8, 4) is 0 Å². The molecule has 0 amide bonds. The number of aliphatic hydroxyl groups is 1. The molecule has 124 valence electrons. The van der Waals surface area contributed by atoms with Gasteiger partial charge in [0.05, 0.1) is 6.10 Å². The van der Waals surface area contributed by atoms with Crippen molar-refractivity contribution in [1.82, 2.24) is 19.5 Å². The van der Waals surface area contributed by atoms with E-state index < -0.39 is 37.9 Å². The van der Waals surface area contributed by atoms with Crippen molar-refractivity contribution in [3.05, 3.63) is 16.2 Å². The Balaban J connectivity index is 1.97. The van der Waals surface area contributed by atoms with E-state index in [0.29, 0.717) is 0 Å². The molecule has 0 saturated carbocycles. The van der Waals surface area contributed by atoms with Gasteiger partial charge in [-0.3, -0.25) is 18.9 Å². The van der Waals surface area contributed by atoms with Gasteiger partial charge in [-0.15, -0.1) is 0 Å². The van der Waals surface area contributed by atoms with Crippen molar-refractivity contribution in [1.29, 1.82) is 0 Å². The molecule has 2 aromatic heterocycles. The van der Waals surface area contributed by atoms with Gasteiger partial charge in [0.2, 0.25) is 5.95 Å². The summed E-state index contributed by atoms with van der Waals surface area (Å²) in [6, 6.07) is 0. The van der Waals surface area contributed by atoms with Gasteiger partial charge in [-0.2, -0.15) is 4.98 Å². The highest BCUT2D eigenvalue weighted by Crippen LogP contribution is 2.51. The zero-order valence-corrected chi connectivity index (χ0v) is 12.3. The summed E-state index contributed by atoms with van der Waals surface area (Å²) in [4.78, 5) is 40.5. The summed E-state index contributed by atoms with van der Waals surface area (Å²) < 4.78 is 22.9. The van der Waals surface area contributed by atoms with Crippen LogP contribution in [0.2, 0.25) is 0 Å². The summed E-state index contributed by atoms with van der Waals surface area (Å²) in [5.74, 6) is -0.0944. The molecule has 2 aliphatic rings. The van der Waals surface area contributed by atoms with Gasteiger partial charge in [-0.1, -0.05) is 0 Å². The molecule has 2 bridgehead atoms. The van der Waals surface area contributed by atoms with E-state index in [0.717, 1.165) is 0 Å². The number of aliphatic hydroxyl groups excluding tert-OH is 1. The van der Waals surface area contributed by atoms with Crippen molar-refractivity contribution < 1.29 is 28.7 Å². The Bertz CT molecular complexity index is 903. The number of nitrogen functional groups attached to an aromatic ring is 1. The van der Waals surface area contributed by atoms with Gasteiger partial charge in [0.25, 0.3) is 5.56 Å². The van der Waals surface area contributed by atoms with Crippen LogP contribution in [-0.4, -0.2) is 46.6 Å². The van der Waals surface area contributed by atoms with Crippen molar-refractivity contribution >= 4 is 24.9 Å². The van der Waals surface area contributed by atoms with Crippen LogP contribution in [0.1, 0.15) is 24.6 Å². The van der Waals surface area contributed by atoms with Crippen molar-refractivity contribution in [2.75, 3.05) is 5.73 Å². The fourth-order valence-corrected chi connectivity index (χ4v) is 3.52. The highest BCUT2D eigenvalue weighted by Gasteiger charge is 2.51. The summed E-state index contributed by atoms with van der Waals surface area (Å²) in [6.45, 7) is 0. The van der Waals surface area contributed by atoms with E-state index in [1.807, 2.05) is 0 Å². The van der Waals surface area contributed by atoms with Crippen LogP contribution in [0.25, 0.3) is 11.2 Å². The predicted molar refractivity (Wildman–Crippen MR) is 73.0 cm³/mol. The summed E-state index contributed by atoms with van der Waals surface area (Å²) >= 11 is 0. The minimum atomic E-state index is -4.89. The Morgan fingerprint density at radius 3 is 2.87 bits per heavy atom. The fourth-order valence-electron chi connectivity index (χ4n) is 3.01. The third-order valence-electron chi connectivity index (χ3n) is 3.82. The average molecular weight is 345 g/mol. The van der Waals surface area contributed by atoms with Crippen LogP contribution in [0.5, 0.6) is 0 Å². The maximum atomic E-state index is 11.9. The molecular weight excluding hydrogens is 333 g/mol. The number of fused-ring (bicyclic) bond motifs is 6. The van der Waals surface area contributed by atoms with E-state index in [-0.39, 0.29) is 29.4 Å². The number of phosphoric ester groups is 1. The number of H-pyrrole nitrogens is 1. The zero-order chi connectivity index (χ0) is 16.5. The highest BCUT2D eigenvalue weighted by molar-refractivity contribution is 7.46. The molecule has 6 N–H and O–H groups in total. The number of anilines is 1. The lowest BCUT2D eigenvalue weighted by molar-refractivity contribution is -0.107. The number of nitrogens with zero attached hydrogens (tertiary/aromatic N) is 3. The topological polar surface area (TPSA) is 186 Å².